The van der Waals surface area contributed by atoms with Crippen LogP contribution in [0.15, 0.2) is 0 Å². The van der Waals surface area contributed by atoms with E-state index in [-0.39, 0.29) is 6.29 Å². The van der Waals surface area contributed by atoms with Gasteiger partial charge in [-0.3, -0.25) is 0 Å². The van der Waals surface area contributed by atoms with Gasteiger partial charge >= 0.3 is 0 Å². The summed E-state index contributed by atoms with van der Waals surface area (Å²) < 4.78 is 11.7. The lowest BCUT2D eigenvalue weighted by Gasteiger charge is -2.33. The molecule has 1 aliphatic rings. The SMILES string of the molecule is CCCCC[C@@H]1CCO[C@H](C(C)CCC)O1. The highest BCUT2D eigenvalue weighted by atomic mass is 16.7. The van der Waals surface area contributed by atoms with Crippen molar-refractivity contribution in [2.75, 3.05) is 6.61 Å². The number of unbranched alkanes of at least 4 members (excludes halogenated alkanes) is 2. The Morgan fingerprint density at radius 3 is 2.69 bits per heavy atom. The fourth-order valence-corrected chi connectivity index (χ4v) is 2.34. The Labute approximate surface area is 101 Å². The van der Waals surface area contributed by atoms with E-state index in [1.54, 1.807) is 0 Å². The summed E-state index contributed by atoms with van der Waals surface area (Å²) in [6, 6.07) is 0. The molecule has 2 nitrogen and oxygen atoms in total. The van der Waals surface area contributed by atoms with E-state index in [4.69, 9.17) is 9.47 Å². The number of hydrogen-bond acceptors (Lipinski definition) is 2. The molecule has 1 rings (SSSR count). The average molecular weight is 228 g/mol. The maximum absolute atomic E-state index is 6.03. The van der Waals surface area contributed by atoms with E-state index in [0.29, 0.717) is 12.0 Å². The van der Waals surface area contributed by atoms with E-state index in [1.807, 2.05) is 0 Å². The van der Waals surface area contributed by atoms with Gasteiger partial charge in [-0.1, -0.05) is 46.5 Å². The molecule has 0 amide bonds. The lowest BCUT2D eigenvalue weighted by Crippen LogP contribution is -2.36. The summed E-state index contributed by atoms with van der Waals surface area (Å²) in [5.74, 6) is 0.541. The fraction of sp³-hybridized carbons (Fsp3) is 1.00. The third-order valence-corrected chi connectivity index (χ3v) is 3.39. The lowest BCUT2D eigenvalue weighted by molar-refractivity contribution is -0.235. The van der Waals surface area contributed by atoms with Crippen molar-refractivity contribution in [2.24, 2.45) is 5.92 Å². The van der Waals surface area contributed by atoms with Crippen LogP contribution in [-0.2, 0) is 9.47 Å². The van der Waals surface area contributed by atoms with Gasteiger partial charge in [-0.25, -0.2) is 0 Å². The summed E-state index contributed by atoms with van der Waals surface area (Å²) in [6.45, 7) is 7.59. The van der Waals surface area contributed by atoms with Gasteiger partial charge in [0.1, 0.15) is 0 Å². The Balaban J connectivity index is 2.23. The van der Waals surface area contributed by atoms with Crippen molar-refractivity contribution in [3.05, 3.63) is 0 Å². The predicted molar refractivity (Wildman–Crippen MR) is 67.4 cm³/mol. The van der Waals surface area contributed by atoms with Crippen LogP contribution in [-0.4, -0.2) is 19.0 Å². The van der Waals surface area contributed by atoms with Crippen molar-refractivity contribution in [3.8, 4) is 0 Å². The quantitative estimate of drug-likeness (QED) is 0.610. The second kappa shape index (κ2) is 8.08. The maximum atomic E-state index is 6.03. The molecule has 0 N–H and O–H groups in total. The van der Waals surface area contributed by atoms with Crippen LogP contribution < -0.4 is 0 Å². The Hall–Kier alpha value is -0.0800. The largest absolute Gasteiger partial charge is 0.352 e. The molecule has 0 radical (unpaired) electrons. The zero-order chi connectivity index (χ0) is 11.8. The van der Waals surface area contributed by atoms with Crippen molar-refractivity contribution in [1.29, 1.82) is 0 Å². The van der Waals surface area contributed by atoms with Gasteiger partial charge in [0.25, 0.3) is 0 Å². The molecule has 0 aromatic heterocycles. The first-order valence-corrected chi connectivity index (χ1v) is 7.05. The topological polar surface area (TPSA) is 18.5 Å². The van der Waals surface area contributed by atoms with E-state index in [0.717, 1.165) is 13.0 Å². The lowest BCUT2D eigenvalue weighted by atomic mass is 10.0. The predicted octanol–water partition coefficient (Wildman–Crippen LogP) is 4.13. The van der Waals surface area contributed by atoms with Gasteiger partial charge in [0.2, 0.25) is 0 Å². The molecule has 0 aliphatic carbocycles. The van der Waals surface area contributed by atoms with Crippen LogP contribution in [0.5, 0.6) is 0 Å². The van der Waals surface area contributed by atoms with Gasteiger partial charge in [-0.05, 0) is 19.3 Å². The zero-order valence-corrected chi connectivity index (χ0v) is 11.2. The molecule has 1 unspecified atom stereocenters. The zero-order valence-electron chi connectivity index (χ0n) is 11.2. The summed E-state index contributed by atoms with van der Waals surface area (Å²) in [4.78, 5) is 0. The van der Waals surface area contributed by atoms with Crippen molar-refractivity contribution in [3.63, 3.8) is 0 Å². The Morgan fingerprint density at radius 2 is 2.00 bits per heavy atom. The van der Waals surface area contributed by atoms with Crippen LogP contribution in [0.4, 0.5) is 0 Å². The minimum atomic E-state index is 0.0559. The molecule has 3 atom stereocenters. The number of hydrogen-bond donors (Lipinski definition) is 0. The molecule has 0 bridgehead atoms. The first-order chi connectivity index (χ1) is 7.77. The molecular weight excluding hydrogens is 200 g/mol. The molecular formula is C14H28O2. The van der Waals surface area contributed by atoms with Gasteiger partial charge in [-0.15, -0.1) is 0 Å². The molecule has 96 valence electrons. The summed E-state index contributed by atoms with van der Waals surface area (Å²) in [5.41, 5.74) is 0. The smallest absolute Gasteiger partial charge is 0.160 e. The van der Waals surface area contributed by atoms with E-state index < -0.39 is 0 Å². The summed E-state index contributed by atoms with van der Waals surface area (Å²) in [6.07, 6.45) is 9.14. The minimum absolute atomic E-state index is 0.0559. The Morgan fingerprint density at radius 1 is 1.19 bits per heavy atom. The van der Waals surface area contributed by atoms with Crippen molar-refractivity contribution in [2.45, 2.75) is 78.1 Å². The third-order valence-electron chi connectivity index (χ3n) is 3.39. The highest BCUT2D eigenvalue weighted by Gasteiger charge is 2.26. The van der Waals surface area contributed by atoms with Crippen LogP contribution >= 0.6 is 0 Å². The number of rotatable bonds is 7. The molecule has 2 heteroatoms. The van der Waals surface area contributed by atoms with E-state index >= 15 is 0 Å². The molecule has 0 spiro atoms. The van der Waals surface area contributed by atoms with Crippen LogP contribution in [0.25, 0.3) is 0 Å². The normalized spacial score (nSPS) is 27.9. The van der Waals surface area contributed by atoms with Crippen LogP contribution in [0.3, 0.4) is 0 Å². The molecule has 1 saturated heterocycles. The molecule has 1 fully saturated rings. The third kappa shape index (κ3) is 4.84. The number of ether oxygens (including phenoxy) is 2. The van der Waals surface area contributed by atoms with E-state index in [9.17, 15) is 0 Å². The highest BCUT2D eigenvalue weighted by Crippen LogP contribution is 2.24. The van der Waals surface area contributed by atoms with Gasteiger partial charge < -0.3 is 9.47 Å². The second-order valence-corrected chi connectivity index (χ2v) is 5.05. The molecule has 1 heterocycles. The van der Waals surface area contributed by atoms with Gasteiger partial charge in [0.05, 0.1) is 12.7 Å². The highest BCUT2D eigenvalue weighted by molar-refractivity contribution is 4.68. The minimum Gasteiger partial charge on any atom is -0.352 e. The van der Waals surface area contributed by atoms with Gasteiger partial charge in [-0.2, -0.15) is 0 Å². The summed E-state index contributed by atoms with van der Waals surface area (Å²) >= 11 is 0. The average Bonchev–Trinajstić information content (AvgIpc) is 2.30. The first kappa shape index (κ1) is 14.0. The first-order valence-electron chi connectivity index (χ1n) is 7.05. The molecule has 1 aliphatic heterocycles. The fourth-order valence-electron chi connectivity index (χ4n) is 2.34. The monoisotopic (exact) mass is 228 g/mol. The second-order valence-electron chi connectivity index (χ2n) is 5.05. The Bertz CT molecular complexity index is 170. The van der Waals surface area contributed by atoms with Gasteiger partial charge in [0, 0.05) is 5.92 Å². The standard InChI is InChI=1S/C14H28O2/c1-4-6-7-9-13-10-11-15-14(16-13)12(3)8-5-2/h12-14H,4-11H2,1-3H3/t12?,13-,14+/m1/s1. The van der Waals surface area contributed by atoms with Gasteiger partial charge in [0.15, 0.2) is 6.29 Å². The summed E-state index contributed by atoms with van der Waals surface area (Å²) in [5, 5.41) is 0. The molecule has 0 aromatic carbocycles. The van der Waals surface area contributed by atoms with E-state index in [1.165, 1.54) is 38.5 Å². The van der Waals surface area contributed by atoms with Crippen LogP contribution in [0, 0.1) is 5.92 Å². The van der Waals surface area contributed by atoms with Crippen molar-refractivity contribution < 1.29 is 9.47 Å². The van der Waals surface area contributed by atoms with E-state index in [2.05, 4.69) is 20.8 Å². The Kier molecular flexibility index (Phi) is 7.06. The molecule has 0 saturated carbocycles. The van der Waals surface area contributed by atoms with Crippen molar-refractivity contribution in [1.82, 2.24) is 0 Å². The van der Waals surface area contributed by atoms with Crippen LogP contribution in [0.2, 0.25) is 0 Å². The molecule has 16 heavy (non-hydrogen) atoms. The maximum Gasteiger partial charge on any atom is 0.160 e. The van der Waals surface area contributed by atoms with Crippen molar-refractivity contribution >= 4 is 0 Å². The summed E-state index contributed by atoms with van der Waals surface area (Å²) in [7, 11) is 0. The molecule has 0 aromatic rings. The van der Waals surface area contributed by atoms with Crippen LogP contribution in [0.1, 0.15) is 65.7 Å².